The number of hydrogen-bond donors (Lipinski definition) is 2. The van der Waals surface area contributed by atoms with Gasteiger partial charge in [-0.15, -0.1) is 0 Å². The average molecular weight is 218 g/mol. The smallest absolute Gasteiger partial charge is 0.170 e. The molecule has 1 aromatic heterocycles. The van der Waals surface area contributed by atoms with Crippen molar-refractivity contribution >= 4 is 16.9 Å². The molecule has 0 saturated heterocycles. The fraction of sp³-hybridized carbons (Fsp3) is 0.273. The number of imidazole rings is 1. The zero-order valence-electron chi connectivity index (χ0n) is 9.31. The van der Waals surface area contributed by atoms with Crippen LogP contribution in [0.1, 0.15) is 18.3 Å². The molecule has 0 spiro atoms. The standard InChI is InChI=1S/C11H14N4O/c1-3-15-7(2)13-9-6-8(11(12)14-16)4-5-10(9)15/h4-6,16H,3H2,1-2H3,(H2,12,14). The highest BCUT2D eigenvalue weighted by atomic mass is 16.4. The third-order valence-corrected chi connectivity index (χ3v) is 2.66. The Kier molecular flexibility index (Phi) is 2.52. The van der Waals surface area contributed by atoms with Gasteiger partial charge in [0, 0.05) is 12.1 Å². The van der Waals surface area contributed by atoms with E-state index in [1.54, 1.807) is 0 Å². The zero-order chi connectivity index (χ0) is 11.7. The monoisotopic (exact) mass is 218 g/mol. The Morgan fingerprint density at radius 1 is 1.56 bits per heavy atom. The van der Waals surface area contributed by atoms with E-state index in [1.807, 2.05) is 25.1 Å². The van der Waals surface area contributed by atoms with Gasteiger partial charge in [-0.1, -0.05) is 5.16 Å². The minimum absolute atomic E-state index is 0.102. The number of amidine groups is 1. The van der Waals surface area contributed by atoms with Crippen LogP contribution in [-0.4, -0.2) is 20.6 Å². The van der Waals surface area contributed by atoms with Crippen molar-refractivity contribution in [3.63, 3.8) is 0 Å². The van der Waals surface area contributed by atoms with Gasteiger partial charge < -0.3 is 15.5 Å². The van der Waals surface area contributed by atoms with Crippen LogP contribution in [0.2, 0.25) is 0 Å². The molecule has 0 aliphatic heterocycles. The van der Waals surface area contributed by atoms with Crippen molar-refractivity contribution in [2.24, 2.45) is 10.9 Å². The second kappa shape index (κ2) is 3.84. The van der Waals surface area contributed by atoms with E-state index in [1.165, 1.54) is 0 Å². The first kappa shape index (κ1) is 10.5. The second-order valence-electron chi connectivity index (χ2n) is 3.59. The molecular weight excluding hydrogens is 204 g/mol. The van der Waals surface area contributed by atoms with Gasteiger partial charge in [-0.3, -0.25) is 0 Å². The summed E-state index contributed by atoms with van der Waals surface area (Å²) in [5.41, 5.74) is 8.13. The van der Waals surface area contributed by atoms with E-state index in [2.05, 4.69) is 21.6 Å². The van der Waals surface area contributed by atoms with E-state index in [4.69, 9.17) is 10.9 Å². The molecule has 3 N–H and O–H groups in total. The predicted molar refractivity (Wildman–Crippen MR) is 62.7 cm³/mol. The molecule has 0 unspecified atom stereocenters. The molecule has 1 aromatic carbocycles. The molecule has 0 aliphatic rings. The molecule has 0 fully saturated rings. The molecule has 0 bridgehead atoms. The van der Waals surface area contributed by atoms with Crippen molar-refractivity contribution in [2.75, 3.05) is 0 Å². The summed E-state index contributed by atoms with van der Waals surface area (Å²) in [6.07, 6.45) is 0. The van der Waals surface area contributed by atoms with Crippen LogP contribution in [0.15, 0.2) is 23.4 Å². The molecule has 2 rings (SSSR count). The molecular formula is C11H14N4O. The summed E-state index contributed by atoms with van der Waals surface area (Å²) >= 11 is 0. The van der Waals surface area contributed by atoms with Crippen molar-refractivity contribution in [1.82, 2.24) is 9.55 Å². The number of aryl methyl sites for hydroxylation is 2. The number of nitrogens with zero attached hydrogens (tertiary/aromatic N) is 3. The molecule has 0 aliphatic carbocycles. The lowest BCUT2D eigenvalue weighted by Gasteiger charge is -2.02. The topological polar surface area (TPSA) is 76.4 Å². The van der Waals surface area contributed by atoms with Gasteiger partial charge in [-0.2, -0.15) is 0 Å². The van der Waals surface area contributed by atoms with Gasteiger partial charge in [-0.25, -0.2) is 4.98 Å². The van der Waals surface area contributed by atoms with E-state index in [0.717, 1.165) is 23.4 Å². The molecule has 5 heteroatoms. The van der Waals surface area contributed by atoms with Crippen molar-refractivity contribution < 1.29 is 5.21 Å². The number of aromatic nitrogens is 2. The molecule has 84 valence electrons. The van der Waals surface area contributed by atoms with Crippen LogP contribution in [0.25, 0.3) is 11.0 Å². The minimum Gasteiger partial charge on any atom is -0.409 e. The molecule has 0 atom stereocenters. The van der Waals surface area contributed by atoms with E-state index in [9.17, 15) is 0 Å². The highest BCUT2D eigenvalue weighted by Crippen LogP contribution is 2.17. The van der Waals surface area contributed by atoms with E-state index >= 15 is 0 Å². The number of oxime groups is 1. The van der Waals surface area contributed by atoms with Crippen LogP contribution < -0.4 is 5.73 Å². The Morgan fingerprint density at radius 3 is 2.94 bits per heavy atom. The van der Waals surface area contributed by atoms with Crippen LogP contribution in [0, 0.1) is 6.92 Å². The van der Waals surface area contributed by atoms with Crippen LogP contribution in [0.5, 0.6) is 0 Å². The Morgan fingerprint density at radius 2 is 2.31 bits per heavy atom. The summed E-state index contributed by atoms with van der Waals surface area (Å²) < 4.78 is 2.12. The lowest BCUT2D eigenvalue weighted by atomic mass is 10.2. The molecule has 2 aromatic rings. The molecule has 1 heterocycles. The van der Waals surface area contributed by atoms with E-state index < -0.39 is 0 Å². The van der Waals surface area contributed by atoms with Gasteiger partial charge in [0.2, 0.25) is 0 Å². The van der Waals surface area contributed by atoms with Gasteiger partial charge >= 0.3 is 0 Å². The van der Waals surface area contributed by atoms with E-state index in [-0.39, 0.29) is 5.84 Å². The number of rotatable bonds is 2. The highest BCUT2D eigenvalue weighted by molar-refractivity contribution is 5.99. The number of hydrogen-bond acceptors (Lipinski definition) is 3. The maximum Gasteiger partial charge on any atom is 0.170 e. The molecule has 0 radical (unpaired) electrons. The molecule has 5 nitrogen and oxygen atoms in total. The van der Waals surface area contributed by atoms with Crippen molar-refractivity contribution in [3.05, 3.63) is 29.6 Å². The summed E-state index contributed by atoms with van der Waals surface area (Å²) in [6, 6.07) is 5.58. The minimum atomic E-state index is 0.102. The SMILES string of the molecule is CCn1c(C)nc2cc(/C(N)=N/O)ccc21. The van der Waals surface area contributed by atoms with Crippen molar-refractivity contribution in [3.8, 4) is 0 Å². The van der Waals surface area contributed by atoms with Crippen LogP contribution in [-0.2, 0) is 6.54 Å². The second-order valence-corrected chi connectivity index (χ2v) is 3.59. The molecule has 0 amide bonds. The lowest BCUT2D eigenvalue weighted by Crippen LogP contribution is -2.12. The third-order valence-electron chi connectivity index (χ3n) is 2.66. The summed E-state index contributed by atoms with van der Waals surface area (Å²) in [6.45, 7) is 4.92. The first-order chi connectivity index (χ1) is 7.67. The highest BCUT2D eigenvalue weighted by Gasteiger charge is 2.07. The summed E-state index contributed by atoms with van der Waals surface area (Å²) in [5, 5.41) is 11.6. The van der Waals surface area contributed by atoms with Gasteiger partial charge in [0.25, 0.3) is 0 Å². The lowest BCUT2D eigenvalue weighted by molar-refractivity contribution is 0.318. The maximum absolute atomic E-state index is 8.60. The van der Waals surface area contributed by atoms with Gasteiger partial charge in [0.15, 0.2) is 5.84 Å². The van der Waals surface area contributed by atoms with Crippen molar-refractivity contribution in [1.29, 1.82) is 0 Å². The largest absolute Gasteiger partial charge is 0.409 e. The fourth-order valence-corrected chi connectivity index (χ4v) is 1.87. The molecule has 0 saturated carbocycles. The average Bonchev–Trinajstić information content (AvgIpc) is 2.62. The first-order valence-electron chi connectivity index (χ1n) is 5.12. The van der Waals surface area contributed by atoms with Gasteiger partial charge in [0.1, 0.15) is 5.82 Å². The fourth-order valence-electron chi connectivity index (χ4n) is 1.87. The number of benzene rings is 1. The van der Waals surface area contributed by atoms with Crippen molar-refractivity contribution in [2.45, 2.75) is 20.4 Å². The summed E-state index contributed by atoms with van der Waals surface area (Å²) in [5.74, 6) is 1.07. The summed E-state index contributed by atoms with van der Waals surface area (Å²) in [4.78, 5) is 4.43. The Hall–Kier alpha value is -2.04. The quantitative estimate of drug-likeness (QED) is 0.347. The third kappa shape index (κ3) is 1.50. The van der Waals surface area contributed by atoms with E-state index in [0.29, 0.717) is 5.56 Å². The first-order valence-corrected chi connectivity index (χ1v) is 5.12. The molecule has 16 heavy (non-hydrogen) atoms. The van der Waals surface area contributed by atoms with Gasteiger partial charge in [-0.05, 0) is 32.0 Å². The number of nitrogens with two attached hydrogens (primary N) is 1. The Labute approximate surface area is 93.2 Å². The van der Waals surface area contributed by atoms with Crippen LogP contribution in [0.4, 0.5) is 0 Å². The van der Waals surface area contributed by atoms with Crippen LogP contribution >= 0.6 is 0 Å². The Balaban J connectivity index is 2.65. The number of fused-ring (bicyclic) bond motifs is 1. The maximum atomic E-state index is 8.60. The predicted octanol–water partition coefficient (Wildman–Crippen LogP) is 1.46. The van der Waals surface area contributed by atoms with Crippen LogP contribution in [0.3, 0.4) is 0 Å². The zero-order valence-corrected chi connectivity index (χ0v) is 9.31. The summed E-state index contributed by atoms with van der Waals surface area (Å²) in [7, 11) is 0. The van der Waals surface area contributed by atoms with Gasteiger partial charge in [0.05, 0.1) is 11.0 Å². The normalized spacial score (nSPS) is 12.2. The Bertz CT molecular complexity index is 556.